The number of benzene rings is 1. The molecule has 0 spiro atoms. The number of aromatic nitrogens is 3. The summed E-state index contributed by atoms with van der Waals surface area (Å²) in [7, 11) is 0. The highest BCUT2D eigenvalue weighted by molar-refractivity contribution is 5.91. The number of carbonyl (C=O) groups excluding carboxylic acids is 1. The SMILES string of the molecule is O=C(N1CC[C@](O)(c2cn[nH]n2)C1)C1(c2ccccc2)CC1. The van der Waals surface area contributed by atoms with Crippen LogP contribution < -0.4 is 0 Å². The van der Waals surface area contributed by atoms with Crippen molar-refractivity contribution in [1.29, 1.82) is 0 Å². The van der Waals surface area contributed by atoms with Crippen LogP contribution in [0.5, 0.6) is 0 Å². The molecule has 1 aliphatic heterocycles. The van der Waals surface area contributed by atoms with Crippen molar-refractivity contribution in [2.24, 2.45) is 0 Å². The second-order valence-corrected chi connectivity index (χ2v) is 6.31. The van der Waals surface area contributed by atoms with Gasteiger partial charge in [-0.25, -0.2) is 0 Å². The molecule has 0 bridgehead atoms. The van der Waals surface area contributed by atoms with Gasteiger partial charge in [-0.1, -0.05) is 30.3 Å². The smallest absolute Gasteiger partial charge is 0.233 e. The number of likely N-dealkylation sites (tertiary alicyclic amines) is 1. The van der Waals surface area contributed by atoms with Gasteiger partial charge in [0.15, 0.2) is 0 Å². The van der Waals surface area contributed by atoms with E-state index >= 15 is 0 Å². The van der Waals surface area contributed by atoms with Crippen LogP contribution in [0.25, 0.3) is 0 Å². The summed E-state index contributed by atoms with van der Waals surface area (Å²) in [6.07, 6.45) is 3.79. The van der Waals surface area contributed by atoms with E-state index in [0.29, 0.717) is 18.7 Å². The summed E-state index contributed by atoms with van der Waals surface area (Å²) >= 11 is 0. The zero-order valence-corrected chi connectivity index (χ0v) is 12.2. The Kier molecular flexibility index (Phi) is 2.84. The molecule has 0 unspecified atom stereocenters. The Hall–Kier alpha value is -2.21. The zero-order chi connectivity index (χ0) is 15.2. The van der Waals surface area contributed by atoms with Crippen molar-refractivity contribution in [3.63, 3.8) is 0 Å². The van der Waals surface area contributed by atoms with Crippen LogP contribution in [0, 0.1) is 0 Å². The fourth-order valence-corrected chi connectivity index (χ4v) is 3.41. The predicted molar refractivity (Wildman–Crippen MR) is 78.8 cm³/mol. The fraction of sp³-hybridized carbons (Fsp3) is 0.438. The van der Waals surface area contributed by atoms with Crippen LogP contribution >= 0.6 is 0 Å². The molecule has 1 atom stereocenters. The summed E-state index contributed by atoms with van der Waals surface area (Å²) in [5.41, 5.74) is 0.121. The van der Waals surface area contributed by atoms with Crippen molar-refractivity contribution in [2.75, 3.05) is 13.1 Å². The lowest BCUT2D eigenvalue weighted by Crippen LogP contribution is -2.40. The molecule has 1 amide bonds. The molecule has 1 aliphatic carbocycles. The average Bonchev–Trinajstić information content (AvgIpc) is 2.98. The Morgan fingerprint density at radius 1 is 1.23 bits per heavy atom. The van der Waals surface area contributed by atoms with Crippen molar-refractivity contribution in [3.05, 3.63) is 47.8 Å². The summed E-state index contributed by atoms with van der Waals surface area (Å²) in [6, 6.07) is 9.94. The molecule has 22 heavy (non-hydrogen) atoms. The zero-order valence-electron chi connectivity index (χ0n) is 12.2. The van der Waals surface area contributed by atoms with Crippen LogP contribution in [-0.2, 0) is 15.8 Å². The van der Waals surface area contributed by atoms with Crippen LogP contribution in [0.2, 0.25) is 0 Å². The van der Waals surface area contributed by atoms with Crippen LogP contribution in [0.3, 0.4) is 0 Å². The number of aliphatic hydroxyl groups is 1. The summed E-state index contributed by atoms with van der Waals surface area (Å²) in [5, 5.41) is 21.0. The Labute approximate surface area is 128 Å². The van der Waals surface area contributed by atoms with Crippen LogP contribution in [0.4, 0.5) is 0 Å². The number of aromatic amines is 1. The maximum Gasteiger partial charge on any atom is 0.233 e. The largest absolute Gasteiger partial charge is 0.381 e. The summed E-state index contributed by atoms with van der Waals surface area (Å²) < 4.78 is 0. The molecule has 4 rings (SSSR count). The number of hydrogen-bond acceptors (Lipinski definition) is 4. The number of carbonyl (C=O) groups is 1. The molecule has 114 valence electrons. The van der Waals surface area contributed by atoms with Gasteiger partial charge in [-0.05, 0) is 18.4 Å². The van der Waals surface area contributed by atoms with E-state index in [-0.39, 0.29) is 17.9 Å². The van der Waals surface area contributed by atoms with E-state index < -0.39 is 5.60 Å². The molecule has 2 aliphatic rings. The van der Waals surface area contributed by atoms with E-state index in [2.05, 4.69) is 15.4 Å². The molecule has 2 heterocycles. The molecule has 1 saturated heterocycles. The van der Waals surface area contributed by atoms with E-state index in [1.54, 1.807) is 4.90 Å². The van der Waals surface area contributed by atoms with E-state index in [0.717, 1.165) is 18.4 Å². The highest BCUT2D eigenvalue weighted by Crippen LogP contribution is 2.50. The summed E-state index contributed by atoms with van der Waals surface area (Å²) in [5.74, 6) is 0.123. The van der Waals surface area contributed by atoms with Crippen molar-refractivity contribution < 1.29 is 9.90 Å². The fourth-order valence-electron chi connectivity index (χ4n) is 3.41. The number of amides is 1. The van der Waals surface area contributed by atoms with Crippen molar-refractivity contribution >= 4 is 5.91 Å². The number of β-amino-alcohol motifs (C(OH)–C–C–N with tert-alkyl or cyclic N) is 1. The molecule has 6 nitrogen and oxygen atoms in total. The van der Waals surface area contributed by atoms with Gasteiger partial charge in [0.05, 0.1) is 18.2 Å². The highest BCUT2D eigenvalue weighted by atomic mass is 16.3. The molecule has 1 aromatic heterocycles. The molecule has 1 saturated carbocycles. The molecule has 2 N–H and O–H groups in total. The van der Waals surface area contributed by atoms with E-state index in [4.69, 9.17) is 0 Å². The molecule has 2 aromatic rings. The number of nitrogens with one attached hydrogen (secondary N) is 1. The first-order valence-corrected chi connectivity index (χ1v) is 7.58. The molecule has 1 aromatic carbocycles. The standard InChI is InChI=1S/C16H18N4O2/c21-14(15(6-7-15)12-4-2-1-3-5-12)20-9-8-16(22,11-20)13-10-17-19-18-13/h1-5,10,22H,6-9,11H2,(H,17,18,19)/t16-/m1/s1. The van der Waals surface area contributed by atoms with Crippen LogP contribution in [0.15, 0.2) is 36.5 Å². The topological polar surface area (TPSA) is 82.1 Å². The molecule has 0 radical (unpaired) electrons. The highest BCUT2D eigenvalue weighted by Gasteiger charge is 2.55. The van der Waals surface area contributed by atoms with Crippen molar-refractivity contribution in [2.45, 2.75) is 30.3 Å². The average molecular weight is 298 g/mol. The first-order valence-electron chi connectivity index (χ1n) is 7.58. The van der Waals surface area contributed by atoms with Gasteiger partial charge >= 0.3 is 0 Å². The lowest BCUT2D eigenvalue weighted by molar-refractivity contribution is -0.134. The second kappa shape index (κ2) is 4.64. The van der Waals surface area contributed by atoms with Gasteiger partial charge in [0, 0.05) is 13.0 Å². The lowest BCUT2D eigenvalue weighted by atomic mass is 9.94. The summed E-state index contributed by atoms with van der Waals surface area (Å²) in [6.45, 7) is 0.837. The van der Waals surface area contributed by atoms with Crippen LogP contribution in [-0.4, -0.2) is 44.4 Å². The molecular weight excluding hydrogens is 280 g/mol. The van der Waals surface area contributed by atoms with Gasteiger partial charge < -0.3 is 10.0 Å². The minimum absolute atomic E-state index is 0.123. The molecule has 6 heteroatoms. The number of H-pyrrole nitrogens is 1. The van der Waals surface area contributed by atoms with Gasteiger partial charge in [0.2, 0.25) is 5.91 Å². The van der Waals surface area contributed by atoms with Gasteiger partial charge in [-0.3, -0.25) is 4.79 Å². The molecule has 2 fully saturated rings. The normalized spacial score (nSPS) is 26.1. The lowest BCUT2D eigenvalue weighted by Gasteiger charge is -2.25. The van der Waals surface area contributed by atoms with Crippen LogP contribution in [0.1, 0.15) is 30.5 Å². The maximum absolute atomic E-state index is 13.0. The Morgan fingerprint density at radius 3 is 2.64 bits per heavy atom. The minimum Gasteiger partial charge on any atom is -0.381 e. The van der Waals surface area contributed by atoms with Crippen molar-refractivity contribution in [3.8, 4) is 0 Å². The first-order chi connectivity index (χ1) is 10.6. The first kappa shape index (κ1) is 13.5. The van der Waals surface area contributed by atoms with E-state index in [1.165, 1.54) is 6.20 Å². The second-order valence-electron chi connectivity index (χ2n) is 6.31. The number of nitrogens with zero attached hydrogens (tertiary/aromatic N) is 3. The minimum atomic E-state index is -1.09. The maximum atomic E-state index is 13.0. The van der Waals surface area contributed by atoms with E-state index in [1.807, 2.05) is 30.3 Å². The third-order valence-electron chi connectivity index (χ3n) is 4.91. The van der Waals surface area contributed by atoms with Gasteiger partial charge in [-0.15, -0.1) is 0 Å². The van der Waals surface area contributed by atoms with E-state index in [9.17, 15) is 9.90 Å². The Balaban J connectivity index is 1.56. The van der Waals surface area contributed by atoms with Crippen molar-refractivity contribution in [1.82, 2.24) is 20.3 Å². The summed E-state index contributed by atoms with van der Waals surface area (Å²) in [4.78, 5) is 14.7. The monoisotopic (exact) mass is 298 g/mol. The third-order valence-corrected chi connectivity index (χ3v) is 4.91. The van der Waals surface area contributed by atoms with Gasteiger partial charge in [-0.2, -0.15) is 15.4 Å². The number of rotatable bonds is 3. The Morgan fingerprint density at radius 2 is 2.00 bits per heavy atom. The molecular formula is C16H18N4O2. The predicted octanol–water partition coefficient (Wildman–Crippen LogP) is 0.956. The third kappa shape index (κ3) is 1.94. The quantitative estimate of drug-likeness (QED) is 0.884. The number of hydrogen-bond donors (Lipinski definition) is 2. The Bertz CT molecular complexity index is 681. The van der Waals surface area contributed by atoms with Gasteiger partial charge in [0.25, 0.3) is 0 Å². The van der Waals surface area contributed by atoms with Gasteiger partial charge in [0.1, 0.15) is 11.3 Å².